The molecule has 0 aromatic rings. The van der Waals surface area contributed by atoms with Crippen molar-refractivity contribution in [1.29, 1.82) is 0 Å². The molecule has 62 valence electrons. The minimum atomic E-state index is 0.0603. The first-order valence-corrected chi connectivity index (χ1v) is 3.50. The van der Waals surface area contributed by atoms with E-state index in [1.807, 2.05) is 0 Å². The zero-order valence-electron chi connectivity index (χ0n) is 6.57. The van der Waals surface area contributed by atoms with Crippen LogP contribution in [0.2, 0.25) is 0 Å². The molecule has 2 N–H and O–H groups in total. The molecule has 0 aliphatic carbocycles. The fourth-order valence-electron chi connectivity index (χ4n) is 0.349. The summed E-state index contributed by atoms with van der Waals surface area (Å²) in [7, 11) is 1.62. The van der Waals surface area contributed by atoms with Crippen molar-refractivity contribution in [2.24, 2.45) is 10.8 Å². The number of rotatable bonds is 3. The Morgan fingerprint density at radius 1 is 1.82 bits per heavy atom. The van der Waals surface area contributed by atoms with Crippen LogP contribution in [-0.4, -0.2) is 29.2 Å². The molecular formula is C6H11N3OS. The van der Waals surface area contributed by atoms with Gasteiger partial charge in [-0.2, -0.15) is 5.10 Å². The van der Waals surface area contributed by atoms with Gasteiger partial charge in [-0.25, -0.2) is 5.01 Å². The topological polar surface area (TPSA) is 58.7 Å². The van der Waals surface area contributed by atoms with Crippen LogP contribution in [-0.2, 0) is 4.79 Å². The Balaban J connectivity index is 3.74. The second kappa shape index (κ2) is 4.79. The van der Waals surface area contributed by atoms with Crippen molar-refractivity contribution in [2.75, 3.05) is 7.05 Å². The van der Waals surface area contributed by atoms with Gasteiger partial charge in [0.15, 0.2) is 5.11 Å². The highest BCUT2D eigenvalue weighted by Gasteiger charge is 1.93. The predicted molar refractivity (Wildman–Crippen MR) is 48.3 cm³/mol. The third-order valence-corrected chi connectivity index (χ3v) is 1.22. The van der Waals surface area contributed by atoms with Crippen molar-refractivity contribution in [1.82, 2.24) is 5.01 Å². The summed E-state index contributed by atoms with van der Waals surface area (Å²) < 4.78 is 0. The number of thiocarbonyl (C=S) groups is 1. The van der Waals surface area contributed by atoms with Gasteiger partial charge in [0.05, 0.1) is 0 Å². The Morgan fingerprint density at radius 3 is 2.73 bits per heavy atom. The number of hydrogen-bond acceptors (Lipinski definition) is 3. The molecule has 0 heterocycles. The highest BCUT2D eigenvalue weighted by Crippen LogP contribution is 1.83. The van der Waals surface area contributed by atoms with Crippen LogP contribution in [0.25, 0.3) is 0 Å². The van der Waals surface area contributed by atoms with Crippen molar-refractivity contribution < 1.29 is 4.79 Å². The van der Waals surface area contributed by atoms with Gasteiger partial charge in [0.2, 0.25) is 0 Å². The van der Waals surface area contributed by atoms with Crippen LogP contribution in [0.3, 0.4) is 0 Å². The van der Waals surface area contributed by atoms with Crippen LogP contribution >= 0.6 is 12.2 Å². The van der Waals surface area contributed by atoms with Crippen LogP contribution < -0.4 is 5.73 Å². The Kier molecular flexibility index (Phi) is 4.36. The summed E-state index contributed by atoms with van der Waals surface area (Å²) in [6.07, 6.45) is 1.79. The number of carbonyl (C=O) groups is 1. The van der Waals surface area contributed by atoms with E-state index in [-0.39, 0.29) is 10.9 Å². The molecule has 0 fully saturated rings. The van der Waals surface area contributed by atoms with Gasteiger partial charge in [-0.1, -0.05) is 0 Å². The van der Waals surface area contributed by atoms with E-state index in [9.17, 15) is 4.79 Å². The molecule has 0 atom stereocenters. The molecule has 5 heteroatoms. The maximum atomic E-state index is 10.4. The number of ketones is 1. The molecule has 0 aromatic heterocycles. The van der Waals surface area contributed by atoms with Gasteiger partial charge in [0.25, 0.3) is 0 Å². The normalized spacial score (nSPS) is 10.0. The highest BCUT2D eigenvalue weighted by molar-refractivity contribution is 7.80. The number of nitrogens with two attached hydrogens (primary N) is 1. The monoisotopic (exact) mass is 173 g/mol. The van der Waals surface area contributed by atoms with Gasteiger partial charge in [-0.05, 0) is 19.1 Å². The fraction of sp³-hybridized carbons (Fsp3) is 0.500. The third-order valence-electron chi connectivity index (χ3n) is 0.953. The summed E-state index contributed by atoms with van der Waals surface area (Å²) in [6, 6.07) is 0. The standard InChI is InChI=1S/C6H11N3OS/c1-5(10)3-4-8-9(2)6(7)11/h4H,3H2,1-2H3,(H2,7,11). The number of nitrogens with zero attached hydrogens (tertiary/aromatic N) is 2. The maximum absolute atomic E-state index is 10.4. The molecule has 0 spiro atoms. The summed E-state index contributed by atoms with van der Waals surface area (Å²) in [4.78, 5) is 10.4. The lowest BCUT2D eigenvalue weighted by Gasteiger charge is -2.07. The Labute approximate surface area is 71.0 Å². The van der Waals surface area contributed by atoms with E-state index in [0.717, 1.165) is 0 Å². The lowest BCUT2D eigenvalue weighted by molar-refractivity contribution is -0.115. The molecular weight excluding hydrogens is 162 g/mol. The number of hydrazone groups is 1. The number of carbonyl (C=O) groups excluding carboxylic acids is 1. The lowest BCUT2D eigenvalue weighted by atomic mass is 10.3. The van der Waals surface area contributed by atoms with Gasteiger partial charge in [0.1, 0.15) is 5.78 Å². The Bertz CT molecular complexity index is 190. The van der Waals surface area contributed by atoms with Crippen LogP contribution in [0.1, 0.15) is 13.3 Å². The zero-order chi connectivity index (χ0) is 8.85. The van der Waals surface area contributed by atoms with Crippen molar-refractivity contribution >= 4 is 29.3 Å². The Hall–Kier alpha value is -0.970. The number of Topliss-reactive ketones (excluding diaryl/α,β-unsaturated/α-hetero) is 1. The molecule has 4 nitrogen and oxygen atoms in total. The van der Waals surface area contributed by atoms with E-state index in [1.165, 1.54) is 18.1 Å². The minimum Gasteiger partial charge on any atom is -0.375 e. The molecule has 0 unspecified atom stereocenters. The average molecular weight is 173 g/mol. The fourth-order valence-corrected chi connectivity index (χ4v) is 0.396. The molecule has 0 aromatic carbocycles. The maximum Gasteiger partial charge on any atom is 0.186 e. The van der Waals surface area contributed by atoms with E-state index in [2.05, 4.69) is 17.3 Å². The van der Waals surface area contributed by atoms with E-state index >= 15 is 0 Å². The largest absolute Gasteiger partial charge is 0.375 e. The number of hydrogen-bond donors (Lipinski definition) is 1. The van der Waals surface area contributed by atoms with Crippen LogP contribution in [0.4, 0.5) is 0 Å². The first kappa shape index (κ1) is 10.0. The van der Waals surface area contributed by atoms with Crippen molar-refractivity contribution in [2.45, 2.75) is 13.3 Å². The summed E-state index contributed by atoms with van der Waals surface area (Å²) in [6.45, 7) is 1.49. The predicted octanol–water partition coefficient (Wildman–Crippen LogP) is 0.127. The smallest absolute Gasteiger partial charge is 0.186 e. The van der Waals surface area contributed by atoms with Gasteiger partial charge < -0.3 is 5.73 Å². The third kappa shape index (κ3) is 5.47. The molecule has 0 saturated heterocycles. The molecule has 0 saturated carbocycles. The van der Waals surface area contributed by atoms with E-state index < -0.39 is 0 Å². The van der Waals surface area contributed by atoms with Crippen LogP contribution in [0, 0.1) is 0 Å². The second-order valence-corrected chi connectivity index (χ2v) is 2.48. The van der Waals surface area contributed by atoms with Crippen LogP contribution in [0.15, 0.2) is 5.10 Å². The summed E-state index contributed by atoms with van der Waals surface area (Å²) in [5.41, 5.74) is 5.21. The van der Waals surface area contributed by atoms with Crippen LogP contribution in [0.5, 0.6) is 0 Å². The zero-order valence-corrected chi connectivity index (χ0v) is 7.39. The summed E-state index contributed by atoms with van der Waals surface area (Å²) >= 11 is 4.60. The molecule has 0 rings (SSSR count). The minimum absolute atomic E-state index is 0.0603. The summed E-state index contributed by atoms with van der Waals surface area (Å²) in [5.74, 6) is 0.0603. The SMILES string of the molecule is CC(=O)CC=NN(C)C(N)=S. The Morgan fingerprint density at radius 2 is 2.36 bits per heavy atom. The van der Waals surface area contributed by atoms with E-state index in [1.54, 1.807) is 7.05 Å². The van der Waals surface area contributed by atoms with Gasteiger partial charge in [0, 0.05) is 19.7 Å². The van der Waals surface area contributed by atoms with Gasteiger partial charge in [-0.15, -0.1) is 0 Å². The molecule has 11 heavy (non-hydrogen) atoms. The van der Waals surface area contributed by atoms with Crippen molar-refractivity contribution in [3.05, 3.63) is 0 Å². The van der Waals surface area contributed by atoms with Gasteiger partial charge >= 0.3 is 0 Å². The second-order valence-electron chi connectivity index (χ2n) is 2.07. The summed E-state index contributed by atoms with van der Waals surface area (Å²) in [5, 5.41) is 5.30. The van der Waals surface area contributed by atoms with Gasteiger partial charge in [-0.3, -0.25) is 4.79 Å². The average Bonchev–Trinajstić information content (AvgIpc) is 1.86. The molecule has 0 aliphatic rings. The van der Waals surface area contributed by atoms with E-state index in [0.29, 0.717) is 6.42 Å². The quantitative estimate of drug-likeness (QED) is 0.374. The van der Waals surface area contributed by atoms with E-state index in [4.69, 9.17) is 5.73 Å². The highest BCUT2D eigenvalue weighted by atomic mass is 32.1. The first-order chi connectivity index (χ1) is 5.04. The first-order valence-electron chi connectivity index (χ1n) is 3.09. The molecule has 0 radical (unpaired) electrons. The molecule has 0 aliphatic heterocycles. The van der Waals surface area contributed by atoms with Crippen molar-refractivity contribution in [3.63, 3.8) is 0 Å². The molecule has 0 amide bonds. The van der Waals surface area contributed by atoms with Crippen molar-refractivity contribution in [3.8, 4) is 0 Å². The molecule has 0 bridgehead atoms. The lowest BCUT2D eigenvalue weighted by Crippen LogP contribution is -2.27.